The van der Waals surface area contributed by atoms with Crippen LogP contribution in [0.15, 0.2) is 47.4 Å². The molecule has 26 heavy (non-hydrogen) atoms. The van der Waals surface area contributed by atoms with Gasteiger partial charge in [-0.2, -0.15) is 0 Å². The van der Waals surface area contributed by atoms with E-state index in [1.165, 1.54) is 24.3 Å². The fourth-order valence-corrected chi connectivity index (χ4v) is 2.56. The van der Waals surface area contributed by atoms with E-state index in [2.05, 4.69) is 0 Å². The highest BCUT2D eigenvalue weighted by Crippen LogP contribution is 2.21. The minimum atomic E-state index is -3.74. The highest BCUT2D eigenvalue weighted by molar-refractivity contribution is 7.89. The Morgan fingerprint density at radius 2 is 1.69 bits per heavy atom. The predicted octanol–water partition coefficient (Wildman–Crippen LogP) is 2.30. The summed E-state index contributed by atoms with van der Waals surface area (Å²) in [6.45, 7) is 1.74. The minimum absolute atomic E-state index is 0.00846. The van der Waals surface area contributed by atoms with Crippen molar-refractivity contribution in [1.82, 2.24) is 0 Å². The average molecular weight is 400 g/mol. The van der Waals surface area contributed by atoms with Gasteiger partial charge in [-0.15, -0.1) is 0 Å². The second-order valence-corrected chi connectivity index (χ2v) is 7.25. The zero-order valence-corrected chi connectivity index (χ0v) is 15.5. The molecule has 0 unspecified atom stereocenters. The summed E-state index contributed by atoms with van der Waals surface area (Å²) in [4.78, 5) is 11.6. The van der Waals surface area contributed by atoms with Crippen LogP contribution in [0.4, 0.5) is 0 Å². The summed E-state index contributed by atoms with van der Waals surface area (Å²) in [6.07, 6.45) is 0. The lowest BCUT2D eigenvalue weighted by Gasteiger charge is -2.09. The van der Waals surface area contributed by atoms with E-state index >= 15 is 0 Å². The molecule has 0 bridgehead atoms. The van der Waals surface area contributed by atoms with Crippen molar-refractivity contribution >= 4 is 27.6 Å². The summed E-state index contributed by atoms with van der Waals surface area (Å²) >= 11 is 5.91. The Kier molecular flexibility index (Phi) is 6.84. The Morgan fingerprint density at radius 1 is 1.04 bits per heavy atom. The molecule has 0 aliphatic heterocycles. The van der Waals surface area contributed by atoms with Gasteiger partial charge >= 0.3 is 5.97 Å². The summed E-state index contributed by atoms with van der Waals surface area (Å²) in [5.74, 6) is 0.419. The van der Waals surface area contributed by atoms with Crippen LogP contribution in [0.5, 0.6) is 11.5 Å². The number of primary sulfonamides is 1. The minimum Gasteiger partial charge on any atom is -0.490 e. The maximum atomic E-state index is 11.6. The number of rotatable bonds is 8. The molecule has 0 aromatic heterocycles. The number of esters is 1. The van der Waals surface area contributed by atoms with E-state index in [0.29, 0.717) is 16.5 Å². The molecule has 2 aromatic rings. The van der Waals surface area contributed by atoms with Crippen molar-refractivity contribution in [3.63, 3.8) is 0 Å². The smallest absolute Gasteiger partial charge is 0.344 e. The average Bonchev–Trinajstić information content (AvgIpc) is 2.59. The van der Waals surface area contributed by atoms with E-state index in [1.807, 2.05) is 6.92 Å². The number of sulfonamides is 1. The first kappa shape index (κ1) is 20.0. The first-order valence-electron chi connectivity index (χ1n) is 7.56. The van der Waals surface area contributed by atoms with Crippen LogP contribution >= 0.6 is 11.6 Å². The number of aryl methyl sites for hydroxylation is 1. The summed E-state index contributed by atoms with van der Waals surface area (Å²) in [6, 6.07) is 10.7. The van der Waals surface area contributed by atoms with E-state index in [1.54, 1.807) is 18.2 Å². The monoisotopic (exact) mass is 399 g/mol. The molecule has 0 atom stereocenters. The van der Waals surface area contributed by atoms with Gasteiger partial charge in [0.1, 0.15) is 24.7 Å². The molecule has 0 saturated heterocycles. The Morgan fingerprint density at radius 3 is 2.31 bits per heavy atom. The highest BCUT2D eigenvalue weighted by atomic mass is 35.5. The van der Waals surface area contributed by atoms with Gasteiger partial charge in [0.15, 0.2) is 6.61 Å². The molecular weight excluding hydrogens is 382 g/mol. The third kappa shape index (κ3) is 6.21. The van der Waals surface area contributed by atoms with E-state index in [-0.39, 0.29) is 24.7 Å². The molecule has 0 aliphatic rings. The van der Waals surface area contributed by atoms with Gasteiger partial charge in [-0.25, -0.2) is 18.4 Å². The zero-order valence-electron chi connectivity index (χ0n) is 14.0. The molecule has 0 fully saturated rings. The van der Waals surface area contributed by atoms with Crippen molar-refractivity contribution in [2.75, 3.05) is 19.8 Å². The van der Waals surface area contributed by atoms with E-state index in [4.69, 9.17) is 31.0 Å². The van der Waals surface area contributed by atoms with Crippen molar-refractivity contribution in [2.24, 2.45) is 5.14 Å². The van der Waals surface area contributed by atoms with Gasteiger partial charge in [0, 0.05) is 5.02 Å². The lowest BCUT2D eigenvalue weighted by molar-refractivity contribution is -0.146. The van der Waals surface area contributed by atoms with Crippen LogP contribution in [0.3, 0.4) is 0 Å². The van der Waals surface area contributed by atoms with Crippen LogP contribution in [0.1, 0.15) is 5.56 Å². The molecule has 9 heteroatoms. The highest BCUT2D eigenvalue weighted by Gasteiger charge is 2.08. The van der Waals surface area contributed by atoms with Crippen molar-refractivity contribution in [1.29, 1.82) is 0 Å². The first-order valence-corrected chi connectivity index (χ1v) is 9.48. The van der Waals surface area contributed by atoms with Gasteiger partial charge in [-0.05, 0) is 55.0 Å². The van der Waals surface area contributed by atoms with Crippen LogP contribution in [-0.4, -0.2) is 34.2 Å². The molecule has 0 heterocycles. The van der Waals surface area contributed by atoms with E-state index < -0.39 is 16.0 Å². The number of ether oxygens (including phenoxy) is 3. The van der Waals surface area contributed by atoms with Crippen molar-refractivity contribution in [3.05, 3.63) is 53.1 Å². The molecule has 2 aromatic carbocycles. The summed E-state index contributed by atoms with van der Waals surface area (Å²) in [7, 11) is -3.74. The summed E-state index contributed by atoms with van der Waals surface area (Å²) < 4.78 is 37.9. The van der Waals surface area contributed by atoms with Crippen LogP contribution in [0.2, 0.25) is 5.02 Å². The van der Waals surface area contributed by atoms with Crippen LogP contribution in [0.25, 0.3) is 0 Å². The molecular formula is C17H18ClNO6S. The van der Waals surface area contributed by atoms with Crippen LogP contribution in [-0.2, 0) is 19.6 Å². The van der Waals surface area contributed by atoms with Crippen molar-refractivity contribution < 1.29 is 27.4 Å². The van der Waals surface area contributed by atoms with Gasteiger partial charge in [-0.1, -0.05) is 11.6 Å². The molecule has 2 N–H and O–H groups in total. The Hall–Kier alpha value is -2.29. The molecule has 0 radical (unpaired) electrons. The fraction of sp³-hybridized carbons (Fsp3) is 0.235. The van der Waals surface area contributed by atoms with E-state index in [0.717, 1.165) is 5.56 Å². The second-order valence-electron chi connectivity index (χ2n) is 5.29. The standard InChI is InChI=1S/C17H18ClNO6S/c1-12-10-14(4-7-16(12)18)25-11-17(20)24-9-8-23-13-2-5-15(6-3-13)26(19,21)22/h2-7,10H,8-9,11H2,1H3,(H2,19,21,22). The number of carbonyl (C=O) groups excluding carboxylic acids is 1. The number of benzene rings is 2. The van der Waals surface area contributed by atoms with Crippen LogP contribution < -0.4 is 14.6 Å². The van der Waals surface area contributed by atoms with Gasteiger partial charge < -0.3 is 14.2 Å². The zero-order chi connectivity index (χ0) is 19.2. The molecule has 0 saturated carbocycles. The molecule has 7 nitrogen and oxygen atoms in total. The SMILES string of the molecule is Cc1cc(OCC(=O)OCCOc2ccc(S(N)(=O)=O)cc2)ccc1Cl. The second kappa shape index (κ2) is 8.88. The van der Waals surface area contributed by atoms with Gasteiger partial charge in [-0.3, -0.25) is 0 Å². The molecule has 0 aliphatic carbocycles. The largest absolute Gasteiger partial charge is 0.490 e. The fourth-order valence-electron chi connectivity index (χ4n) is 1.93. The Balaban J connectivity index is 1.69. The number of halogens is 1. The predicted molar refractivity (Wildman–Crippen MR) is 96.0 cm³/mol. The van der Waals surface area contributed by atoms with Gasteiger partial charge in [0.2, 0.25) is 10.0 Å². The summed E-state index contributed by atoms with van der Waals surface area (Å²) in [5, 5.41) is 5.62. The first-order chi connectivity index (χ1) is 12.3. The lowest BCUT2D eigenvalue weighted by Crippen LogP contribution is -2.18. The molecule has 0 spiro atoms. The quantitative estimate of drug-likeness (QED) is 0.539. The molecule has 0 amide bonds. The number of hydrogen-bond acceptors (Lipinski definition) is 6. The van der Waals surface area contributed by atoms with Gasteiger partial charge in [0.05, 0.1) is 4.90 Å². The number of nitrogens with two attached hydrogens (primary N) is 1. The van der Waals surface area contributed by atoms with E-state index in [9.17, 15) is 13.2 Å². The van der Waals surface area contributed by atoms with Crippen LogP contribution in [0, 0.1) is 6.92 Å². The maximum Gasteiger partial charge on any atom is 0.344 e. The third-order valence-electron chi connectivity index (χ3n) is 3.25. The molecule has 2 rings (SSSR count). The normalized spacial score (nSPS) is 11.0. The topological polar surface area (TPSA) is 105 Å². The Labute approximate surface area is 156 Å². The van der Waals surface area contributed by atoms with Crippen molar-refractivity contribution in [3.8, 4) is 11.5 Å². The molecule has 140 valence electrons. The van der Waals surface area contributed by atoms with Crippen molar-refractivity contribution in [2.45, 2.75) is 11.8 Å². The number of hydrogen-bond donors (Lipinski definition) is 1. The Bertz CT molecular complexity index is 867. The maximum absolute atomic E-state index is 11.6. The third-order valence-corrected chi connectivity index (χ3v) is 4.61. The van der Waals surface area contributed by atoms with Gasteiger partial charge in [0.25, 0.3) is 0 Å². The lowest BCUT2D eigenvalue weighted by atomic mass is 10.2. The summed E-state index contributed by atoms with van der Waals surface area (Å²) in [5.41, 5.74) is 0.847. The number of carbonyl (C=O) groups is 1.